The normalized spacial score (nSPS) is 10.0. The molecule has 0 atom stereocenters. The molecule has 0 aliphatic carbocycles. The first-order chi connectivity index (χ1) is 11.7. The highest BCUT2D eigenvalue weighted by molar-refractivity contribution is 6.34. The van der Waals surface area contributed by atoms with Crippen molar-refractivity contribution in [2.24, 2.45) is 0 Å². The molecule has 3 nitrogen and oxygen atoms in total. The van der Waals surface area contributed by atoms with Gasteiger partial charge in [0.05, 0.1) is 0 Å². The summed E-state index contributed by atoms with van der Waals surface area (Å²) < 4.78 is 0. The van der Waals surface area contributed by atoms with Crippen molar-refractivity contribution in [2.75, 3.05) is 5.32 Å². The van der Waals surface area contributed by atoms with Crippen molar-refractivity contribution in [3.63, 3.8) is 0 Å². The largest absolute Gasteiger partial charge is 0.338 e. The van der Waals surface area contributed by atoms with Crippen LogP contribution in [0.1, 0.15) is 32.8 Å². The van der Waals surface area contributed by atoms with E-state index >= 15 is 0 Å². The highest BCUT2D eigenvalue weighted by Gasteiger charge is 2.07. The molecule has 0 amide bonds. The summed E-state index contributed by atoms with van der Waals surface area (Å²) >= 11 is 6.09. The Labute approximate surface area is 148 Å². The number of hydrogen-bond acceptors (Lipinski definition) is 3. The first-order valence-electron chi connectivity index (χ1n) is 8.15. The van der Waals surface area contributed by atoms with Crippen LogP contribution < -0.4 is 5.32 Å². The third-order valence-electron chi connectivity index (χ3n) is 3.62. The van der Waals surface area contributed by atoms with Gasteiger partial charge in [0.15, 0.2) is 11.0 Å². The van der Waals surface area contributed by atoms with Crippen LogP contribution in [0.3, 0.4) is 0 Å². The van der Waals surface area contributed by atoms with Crippen molar-refractivity contribution in [3.8, 4) is 0 Å². The van der Waals surface area contributed by atoms with Gasteiger partial charge in [0, 0.05) is 16.5 Å². The molecule has 0 saturated carbocycles. The quantitative estimate of drug-likeness (QED) is 0.591. The average Bonchev–Trinajstić information content (AvgIpc) is 2.66. The summed E-state index contributed by atoms with van der Waals surface area (Å²) in [6.07, 6.45) is 0.945. The summed E-state index contributed by atoms with van der Waals surface area (Å²) in [6, 6.07) is 15.9. The number of halogens is 1. The molecular weight excluding hydrogens is 318 g/mol. The smallest absolute Gasteiger partial charge is 0.161 e. The minimum absolute atomic E-state index is 0.413. The van der Waals surface area contributed by atoms with Gasteiger partial charge in [-0.05, 0) is 29.7 Å². The zero-order chi connectivity index (χ0) is 17.5. The summed E-state index contributed by atoms with van der Waals surface area (Å²) in [5, 5.41) is 13.7. The van der Waals surface area contributed by atoms with Gasteiger partial charge in [-0.25, -0.2) is 0 Å². The lowest BCUT2D eigenvalue weighted by atomic mass is 10.1. The molecule has 24 heavy (non-hydrogen) atoms. The summed E-state index contributed by atoms with van der Waals surface area (Å²) in [5.41, 5.74) is 3.23. The molecule has 1 aromatic heterocycles. The lowest BCUT2D eigenvalue weighted by Gasteiger charge is -2.10. The molecule has 2 aromatic carbocycles. The molecule has 0 unspecified atom stereocenters. The van der Waals surface area contributed by atoms with Gasteiger partial charge in [0.1, 0.15) is 0 Å². The van der Waals surface area contributed by atoms with Crippen molar-refractivity contribution in [3.05, 3.63) is 65.8 Å². The second-order valence-electron chi connectivity index (χ2n) is 5.04. The monoisotopic (exact) mass is 339 g/mol. The standard InChI is InChI=1S/C18H16ClN3.C2H6/c1-3-12(2)13-8-10-14(11-9-13)20-18-16-7-5-4-6-15(16)17(19)21-22-18;1-2/h4-11H,2-3H2,1H3,(H,20,22);1-2H3. The zero-order valence-electron chi connectivity index (χ0n) is 14.3. The fourth-order valence-corrected chi connectivity index (χ4v) is 2.50. The van der Waals surface area contributed by atoms with E-state index in [9.17, 15) is 0 Å². The van der Waals surface area contributed by atoms with Crippen molar-refractivity contribution in [2.45, 2.75) is 27.2 Å². The van der Waals surface area contributed by atoms with E-state index in [-0.39, 0.29) is 0 Å². The first kappa shape index (κ1) is 18.0. The van der Waals surface area contributed by atoms with Crippen LogP contribution in [0.4, 0.5) is 11.5 Å². The predicted molar refractivity (Wildman–Crippen MR) is 105 cm³/mol. The Kier molecular flexibility index (Phi) is 6.33. The minimum Gasteiger partial charge on any atom is -0.338 e. The molecule has 0 radical (unpaired) electrons. The summed E-state index contributed by atoms with van der Waals surface area (Å²) in [5.74, 6) is 0.696. The van der Waals surface area contributed by atoms with Crippen molar-refractivity contribution in [1.82, 2.24) is 10.2 Å². The van der Waals surface area contributed by atoms with Crippen LogP contribution in [-0.2, 0) is 0 Å². The summed E-state index contributed by atoms with van der Waals surface area (Å²) in [7, 11) is 0. The number of fused-ring (bicyclic) bond motifs is 1. The van der Waals surface area contributed by atoms with Crippen molar-refractivity contribution >= 4 is 39.5 Å². The molecule has 0 aliphatic heterocycles. The maximum absolute atomic E-state index is 6.09. The van der Waals surface area contributed by atoms with Crippen LogP contribution in [0, 0.1) is 0 Å². The van der Waals surface area contributed by atoms with E-state index in [4.69, 9.17) is 11.6 Å². The van der Waals surface area contributed by atoms with E-state index < -0.39 is 0 Å². The number of allylic oxidation sites excluding steroid dienone is 1. The van der Waals surface area contributed by atoms with Crippen LogP contribution in [0.2, 0.25) is 5.15 Å². The number of benzene rings is 2. The lowest BCUT2D eigenvalue weighted by Crippen LogP contribution is -1.97. The molecule has 0 spiro atoms. The van der Waals surface area contributed by atoms with Gasteiger partial charge >= 0.3 is 0 Å². The predicted octanol–water partition coefficient (Wildman–Crippen LogP) is 6.48. The molecule has 0 fully saturated rings. The SMILES string of the molecule is C=C(CC)c1ccc(Nc2nnc(Cl)c3ccccc23)cc1.CC. The molecule has 0 aliphatic rings. The van der Waals surface area contributed by atoms with Crippen LogP contribution in [0.5, 0.6) is 0 Å². The van der Waals surface area contributed by atoms with Crippen molar-refractivity contribution in [1.29, 1.82) is 0 Å². The van der Waals surface area contributed by atoms with Gasteiger partial charge in [-0.1, -0.05) is 75.3 Å². The second-order valence-corrected chi connectivity index (χ2v) is 5.40. The maximum Gasteiger partial charge on any atom is 0.161 e. The third kappa shape index (κ3) is 3.92. The number of aromatic nitrogens is 2. The van der Waals surface area contributed by atoms with Gasteiger partial charge in [-0.2, -0.15) is 0 Å². The van der Waals surface area contributed by atoms with Gasteiger partial charge in [0.2, 0.25) is 0 Å². The van der Waals surface area contributed by atoms with Crippen LogP contribution in [-0.4, -0.2) is 10.2 Å². The average molecular weight is 340 g/mol. The number of anilines is 2. The molecule has 0 saturated heterocycles. The van der Waals surface area contributed by atoms with Gasteiger partial charge in [-0.3, -0.25) is 0 Å². The first-order valence-corrected chi connectivity index (χ1v) is 8.53. The van der Waals surface area contributed by atoms with Crippen LogP contribution in [0.25, 0.3) is 16.3 Å². The zero-order valence-corrected chi connectivity index (χ0v) is 15.1. The highest BCUT2D eigenvalue weighted by atomic mass is 35.5. The van der Waals surface area contributed by atoms with Crippen LogP contribution >= 0.6 is 11.6 Å². The number of rotatable bonds is 4. The summed E-state index contributed by atoms with van der Waals surface area (Å²) in [6.45, 7) is 10.2. The van der Waals surface area contributed by atoms with E-state index in [1.54, 1.807) is 0 Å². The Hall–Kier alpha value is -2.39. The van der Waals surface area contributed by atoms with Gasteiger partial charge < -0.3 is 5.32 Å². The van der Waals surface area contributed by atoms with Crippen molar-refractivity contribution < 1.29 is 0 Å². The number of hydrogen-bond donors (Lipinski definition) is 1. The summed E-state index contributed by atoms with van der Waals surface area (Å²) in [4.78, 5) is 0. The Morgan fingerprint density at radius 1 is 1.00 bits per heavy atom. The van der Waals surface area contributed by atoms with Crippen LogP contribution in [0.15, 0.2) is 55.1 Å². The minimum atomic E-state index is 0.413. The fourth-order valence-electron chi connectivity index (χ4n) is 2.29. The molecule has 1 heterocycles. The van der Waals surface area contributed by atoms with E-state index in [2.05, 4.69) is 41.1 Å². The van der Waals surface area contributed by atoms with Gasteiger partial charge in [0.25, 0.3) is 0 Å². The maximum atomic E-state index is 6.09. The van der Waals surface area contributed by atoms with E-state index in [0.717, 1.165) is 34.0 Å². The Balaban J connectivity index is 0.00000100. The Morgan fingerprint density at radius 2 is 1.62 bits per heavy atom. The number of nitrogens with zero attached hydrogens (tertiary/aromatic N) is 2. The van der Waals surface area contributed by atoms with E-state index in [1.165, 1.54) is 0 Å². The van der Waals surface area contributed by atoms with E-state index in [1.807, 2.05) is 50.2 Å². The Morgan fingerprint density at radius 3 is 2.25 bits per heavy atom. The molecule has 3 aromatic rings. The topological polar surface area (TPSA) is 37.8 Å². The molecule has 1 N–H and O–H groups in total. The fraction of sp³-hybridized carbons (Fsp3) is 0.200. The van der Waals surface area contributed by atoms with E-state index in [0.29, 0.717) is 11.0 Å². The molecule has 3 rings (SSSR count). The third-order valence-corrected chi connectivity index (χ3v) is 3.90. The molecule has 0 bridgehead atoms. The molecular formula is C20H22ClN3. The molecule has 124 valence electrons. The lowest BCUT2D eigenvalue weighted by molar-refractivity contribution is 1.05. The second kappa shape index (κ2) is 8.46. The Bertz CT molecular complexity index is 826. The highest BCUT2D eigenvalue weighted by Crippen LogP contribution is 2.28. The number of nitrogens with one attached hydrogen (secondary N) is 1. The van der Waals surface area contributed by atoms with Gasteiger partial charge in [-0.15, -0.1) is 10.2 Å². The molecule has 4 heteroatoms.